The number of ether oxygens (including phenoxy) is 1. The highest BCUT2D eigenvalue weighted by molar-refractivity contribution is 9.11. The normalized spacial score (nSPS) is 17.9. The van der Waals surface area contributed by atoms with Crippen molar-refractivity contribution in [3.63, 3.8) is 0 Å². The molecule has 1 unspecified atom stereocenters. The van der Waals surface area contributed by atoms with E-state index in [1.807, 2.05) is 24.4 Å². The lowest BCUT2D eigenvalue weighted by Crippen LogP contribution is -2.21. The van der Waals surface area contributed by atoms with E-state index in [-0.39, 0.29) is 0 Å². The van der Waals surface area contributed by atoms with Crippen LogP contribution in [-0.4, -0.2) is 24.7 Å². The second-order valence-electron chi connectivity index (χ2n) is 5.56. The molecule has 0 aliphatic carbocycles. The average Bonchev–Trinajstić information content (AvgIpc) is 2.99. The second kappa shape index (κ2) is 7.57. The summed E-state index contributed by atoms with van der Waals surface area (Å²) in [5, 5.41) is 0. The third kappa shape index (κ3) is 4.09. The Hall–Kier alpha value is -0.910. The molecule has 1 aromatic heterocycles. The van der Waals surface area contributed by atoms with Gasteiger partial charge in [0.25, 0.3) is 0 Å². The molecule has 0 saturated carbocycles. The summed E-state index contributed by atoms with van der Waals surface area (Å²) in [5.74, 6) is 0.578. The highest BCUT2D eigenvalue weighted by atomic mass is 79.9. The van der Waals surface area contributed by atoms with Crippen LogP contribution in [0.2, 0.25) is 0 Å². The van der Waals surface area contributed by atoms with Gasteiger partial charge >= 0.3 is 0 Å². The van der Waals surface area contributed by atoms with Gasteiger partial charge in [-0.05, 0) is 49.9 Å². The van der Waals surface area contributed by atoms with Crippen LogP contribution in [-0.2, 0) is 11.3 Å². The molecule has 2 heterocycles. The fraction of sp³-hybridized carbons (Fsp3) is 0.353. The van der Waals surface area contributed by atoms with E-state index in [9.17, 15) is 0 Å². The van der Waals surface area contributed by atoms with Gasteiger partial charge in [0, 0.05) is 29.7 Å². The number of hydrogen-bond donors (Lipinski definition) is 0. The summed E-state index contributed by atoms with van der Waals surface area (Å²) >= 11 is 7.03. The van der Waals surface area contributed by atoms with Crippen molar-refractivity contribution in [2.24, 2.45) is 5.92 Å². The fourth-order valence-corrected chi connectivity index (χ4v) is 3.53. The Morgan fingerprint density at radius 1 is 1.23 bits per heavy atom. The zero-order valence-electron chi connectivity index (χ0n) is 12.2. The number of rotatable bonds is 5. The van der Waals surface area contributed by atoms with Gasteiger partial charge in [-0.2, -0.15) is 0 Å². The van der Waals surface area contributed by atoms with E-state index in [4.69, 9.17) is 4.74 Å². The van der Waals surface area contributed by atoms with Crippen molar-refractivity contribution in [1.82, 2.24) is 4.98 Å². The van der Waals surface area contributed by atoms with Crippen molar-refractivity contribution in [3.05, 3.63) is 57.2 Å². The van der Waals surface area contributed by atoms with Crippen LogP contribution in [0.3, 0.4) is 0 Å². The molecule has 1 atom stereocenters. The molecule has 1 saturated heterocycles. The van der Waals surface area contributed by atoms with Crippen molar-refractivity contribution in [2.45, 2.75) is 13.0 Å². The number of pyridine rings is 1. The molecule has 3 nitrogen and oxygen atoms in total. The summed E-state index contributed by atoms with van der Waals surface area (Å²) in [4.78, 5) is 6.72. The van der Waals surface area contributed by atoms with Gasteiger partial charge in [-0.15, -0.1) is 0 Å². The first-order chi connectivity index (χ1) is 10.7. The Morgan fingerprint density at radius 3 is 2.86 bits per heavy atom. The van der Waals surface area contributed by atoms with E-state index in [1.165, 1.54) is 5.56 Å². The molecule has 0 radical (unpaired) electrons. The van der Waals surface area contributed by atoms with Crippen molar-refractivity contribution in [1.29, 1.82) is 0 Å². The quantitative estimate of drug-likeness (QED) is 0.652. The molecule has 1 aliphatic rings. The standard InChI is InChI=1S/C17H18Br2N2O/c18-15-8-16(17(19)20-9-15)21-7-6-14(10-21)12-22-11-13-4-2-1-3-5-13/h1-5,8-9,14H,6-7,10-12H2. The Bertz CT molecular complexity index is 621. The molecule has 5 heteroatoms. The minimum absolute atomic E-state index is 0.578. The number of hydrogen-bond acceptors (Lipinski definition) is 3. The molecule has 22 heavy (non-hydrogen) atoms. The van der Waals surface area contributed by atoms with Crippen LogP contribution in [0, 0.1) is 5.92 Å². The maximum absolute atomic E-state index is 5.88. The Labute approximate surface area is 148 Å². The van der Waals surface area contributed by atoms with Gasteiger partial charge in [-0.25, -0.2) is 4.98 Å². The second-order valence-corrected chi connectivity index (χ2v) is 7.23. The molecule has 0 spiro atoms. The van der Waals surface area contributed by atoms with Crippen LogP contribution < -0.4 is 4.90 Å². The molecular weight excluding hydrogens is 408 g/mol. The average molecular weight is 426 g/mol. The lowest BCUT2D eigenvalue weighted by atomic mass is 10.1. The summed E-state index contributed by atoms with van der Waals surface area (Å²) in [6.07, 6.45) is 2.97. The molecule has 0 bridgehead atoms. The minimum Gasteiger partial charge on any atom is -0.376 e. The van der Waals surface area contributed by atoms with Crippen molar-refractivity contribution >= 4 is 37.5 Å². The zero-order chi connectivity index (χ0) is 15.4. The zero-order valence-corrected chi connectivity index (χ0v) is 15.4. The number of aromatic nitrogens is 1. The monoisotopic (exact) mass is 424 g/mol. The van der Waals surface area contributed by atoms with E-state index < -0.39 is 0 Å². The van der Waals surface area contributed by atoms with Crippen molar-refractivity contribution < 1.29 is 4.74 Å². The molecule has 1 aromatic carbocycles. The predicted octanol–water partition coefficient (Wildman–Crippen LogP) is 4.65. The molecule has 1 aliphatic heterocycles. The van der Waals surface area contributed by atoms with Gasteiger partial charge in [0.05, 0.1) is 18.9 Å². The topological polar surface area (TPSA) is 25.4 Å². The highest BCUT2D eigenvalue weighted by Crippen LogP contribution is 2.31. The van der Waals surface area contributed by atoms with Crippen LogP contribution in [0.15, 0.2) is 51.7 Å². The first-order valence-electron chi connectivity index (χ1n) is 7.40. The van der Waals surface area contributed by atoms with E-state index >= 15 is 0 Å². The van der Waals surface area contributed by atoms with Crippen LogP contribution in [0.25, 0.3) is 0 Å². The van der Waals surface area contributed by atoms with Gasteiger partial charge in [0.15, 0.2) is 0 Å². The Kier molecular flexibility index (Phi) is 5.50. The third-order valence-corrected chi connectivity index (χ3v) is 4.92. The lowest BCUT2D eigenvalue weighted by molar-refractivity contribution is 0.0929. The van der Waals surface area contributed by atoms with Gasteiger partial charge < -0.3 is 9.64 Å². The maximum atomic E-state index is 5.88. The number of benzene rings is 1. The molecule has 116 valence electrons. The number of nitrogens with zero attached hydrogens (tertiary/aromatic N) is 2. The lowest BCUT2D eigenvalue weighted by Gasteiger charge is -2.20. The van der Waals surface area contributed by atoms with Gasteiger partial charge in [0.1, 0.15) is 4.60 Å². The van der Waals surface area contributed by atoms with Crippen LogP contribution in [0.4, 0.5) is 5.69 Å². The predicted molar refractivity (Wildman–Crippen MR) is 96.1 cm³/mol. The summed E-state index contributed by atoms with van der Waals surface area (Å²) in [5.41, 5.74) is 2.39. The van der Waals surface area contributed by atoms with Crippen molar-refractivity contribution in [2.75, 3.05) is 24.6 Å². The van der Waals surface area contributed by atoms with E-state index in [0.717, 1.165) is 40.9 Å². The van der Waals surface area contributed by atoms with E-state index in [2.05, 4.69) is 59.9 Å². The molecule has 2 aromatic rings. The van der Waals surface area contributed by atoms with Crippen LogP contribution in [0.5, 0.6) is 0 Å². The van der Waals surface area contributed by atoms with Crippen LogP contribution in [0.1, 0.15) is 12.0 Å². The largest absolute Gasteiger partial charge is 0.376 e. The summed E-state index contributed by atoms with van der Waals surface area (Å²) in [6.45, 7) is 3.57. The Balaban J connectivity index is 1.51. The van der Waals surface area contributed by atoms with E-state index in [0.29, 0.717) is 12.5 Å². The fourth-order valence-electron chi connectivity index (χ4n) is 2.74. The van der Waals surface area contributed by atoms with Crippen LogP contribution >= 0.6 is 31.9 Å². The third-order valence-electron chi connectivity index (χ3n) is 3.88. The first kappa shape index (κ1) is 16.0. The van der Waals surface area contributed by atoms with E-state index in [1.54, 1.807) is 0 Å². The molecule has 1 fully saturated rings. The SMILES string of the molecule is Brc1cnc(Br)c(N2CCC(COCc3ccccc3)C2)c1. The smallest absolute Gasteiger partial charge is 0.129 e. The summed E-state index contributed by atoms with van der Waals surface area (Å²) in [7, 11) is 0. The molecule has 3 rings (SSSR count). The minimum atomic E-state index is 0.578. The first-order valence-corrected chi connectivity index (χ1v) is 8.98. The van der Waals surface area contributed by atoms with Gasteiger partial charge in [-0.3, -0.25) is 0 Å². The summed E-state index contributed by atoms with van der Waals surface area (Å²) < 4.78 is 7.79. The van der Waals surface area contributed by atoms with Gasteiger partial charge in [-0.1, -0.05) is 30.3 Å². The van der Waals surface area contributed by atoms with Crippen molar-refractivity contribution in [3.8, 4) is 0 Å². The molecule has 0 N–H and O–H groups in total. The molecular formula is C17H18Br2N2O. The van der Waals surface area contributed by atoms with Gasteiger partial charge in [0.2, 0.25) is 0 Å². The summed E-state index contributed by atoms with van der Waals surface area (Å²) in [6, 6.07) is 12.4. The maximum Gasteiger partial charge on any atom is 0.129 e. The number of anilines is 1. The molecule has 0 amide bonds. The Morgan fingerprint density at radius 2 is 2.05 bits per heavy atom. The highest BCUT2D eigenvalue weighted by Gasteiger charge is 2.24. The number of halogens is 2.